The van der Waals surface area contributed by atoms with Gasteiger partial charge in [-0.25, -0.2) is 0 Å². The minimum atomic E-state index is 0.381. The van der Waals surface area contributed by atoms with Crippen molar-refractivity contribution in [3.8, 4) is 0 Å². The quantitative estimate of drug-likeness (QED) is 0.880. The van der Waals surface area contributed by atoms with Gasteiger partial charge in [-0.2, -0.15) is 0 Å². The molecule has 0 saturated heterocycles. The highest BCUT2D eigenvalue weighted by Crippen LogP contribution is 2.29. The van der Waals surface area contributed by atoms with Crippen molar-refractivity contribution < 1.29 is 0 Å². The topological polar surface area (TPSA) is 12.0 Å². The molecule has 0 fully saturated rings. The third-order valence-corrected chi connectivity index (χ3v) is 3.80. The van der Waals surface area contributed by atoms with E-state index in [1.165, 1.54) is 20.1 Å². The van der Waals surface area contributed by atoms with E-state index in [1.807, 2.05) is 0 Å². The molecule has 0 bridgehead atoms. The van der Waals surface area contributed by atoms with Gasteiger partial charge in [-0.15, -0.1) is 0 Å². The smallest absolute Gasteiger partial charge is 0.0303 e. The first kappa shape index (κ1) is 12.2. The van der Waals surface area contributed by atoms with E-state index < -0.39 is 0 Å². The molecule has 0 aromatic heterocycles. The molecule has 78 valence electrons. The van der Waals surface area contributed by atoms with Crippen molar-refractivity contribution >= 4 is 31.9 Å². The molecule has 1 unspecified atom stereocenters. The van der Waals surface area contributed by atoms with Crippen LogP contribution in [-0.2, 0) is 0 Å². The van der Waals surface area contributed by atoms with Gasteiger partial charge in [0.25, 0.3) is 0 Å². The molecule has 0 aliphatic carbocycles. The lowest BCUT2D eigenvalue weighted by Crippen LogP contribution is -2.18. The summed E-state index contributed by atoms with van der Waals surface area (Å²) in [4.78, 5) is 0. The third kappa shape index (κ3) is 2.81. The first-order valence-corrected chi connectivity index (χ1v) is 6.33. The minimum absolute atomic E-state index is 0.381. The van der Waals surface area contributed by atoms with Crippen LogP contribution in [0.3, 0.4) is 0 Å². The second kappa shape index (κ2) is 5.29. The molecule has 1 atom stereocenters. The molecule has 0 aliphatic rings. The summed E-state index contributed by atoms with van der Waals surface area (Å²) >= 11 is 7.14. The average molecular weight is 321 g/mol. The lowest BCUT2D eigenvalue weighted by atomic mass is 10.1. The van der Waals surface area contributed by atoms with E-state index >= 15 is 0 Å². The Morgan fingerprint density at radius 2 is 1.93 bits per heavy atom. The number of nitrogens with one attached hydrogen (secondary N) is 1. The van der Waals surface area contributed by atoms with Crippen LogP contribution in [0, 0.1) is 6.92 Å². The van der Waals surface area contributed by atoms with Crippen LogP contribution in [0.25, 0.3) is 0 Å². The van der Waals surface area contributed by atoms with Gasteiger partial charge in [0.05, 0.1) is 0 Å². The first-order valence-electron chi connectivity index (χ1n) is 4.75. The van der Waals surface area contributed by atoms with Gasteiger partial charge in [0, 0.05) is 15.0 Å². The zero-order valence-electron chi connectivity index (χ0n) is 8.70. The van der Waals surface area contributed by atoms with Crippen LogP contribution < -0.4 is 5.32 Å². The Morgan fingerprint density at radius 3 is 2.50 bits per heavy atom. The van der Waals surface area contributed by atoms with Gasteiger partial charge >= 0.3 is 0 Å². The Hall–Kier alpha value is 0.140. The second-order valence-electron chi connectivity index (χ2n) is 3.40. The standard InChI is InChI=1S/C11H15Br2N/c1-4-14-8(3)9-6-10(12)7(2)5-11(9)13/h5-6,8,14H,4H2,1-3H3. The minimum Gasteiger partial charge on any atom is -0.310 e. The molecule has 1 N–H and O–H groups in total. The van der Waals surface area contributed by atoms with Crippen molar-refractivity contribution in [3.05, 3.63) is 32.2 Å². The summed E-state index contributed by atoms with van der Waals surface area (Å²) in [5.74, 6) is 0. The number of aryl methyl sites for hydroxylation is 1. The molecule has 3 heteroatoms. The summed E-state index contributed by atoms with van der Waals surface area (Å²) in [6.07, 6.45) is 0. The molecule has 0 spiro atoms. The van der Waals surface area contributed by atoms with Crippen molar-refractivity contribution in [3.63, 3.8) is 0 Å². The molecule has 0 radical (unpaired) electrons. The van der Waals surface area contributed by atoms with Gasteiger partial charge in [-0.3, -0.25) is 0 Å². The fraction of sp³-hybridized carbons (Fsp3) is 0.455. The van der Waals surface area contributed by atoms with Crippen molar-refractivity contribution in [2.24, 2.45) is 0 Å². The summed E-state index contributed by atoms with van der Waals surface area (Å²) in [7, 11) is 0. The summed E-state index contributed by atoms with van der Waals surface area (Å²) in [6, 6.07) is 4.70. The number of rotatable bonds is 3. The molecule has 0 saturated carbocycles. The Morgan fingerprint density at radius 1 is 1.29 bits per heavy atom. The second-order valence-corrected chi connectivity index (χ2v) is 5.11. The largest absolute Gasteiger partial charge is 0.310 e. The van der Waals surface area contributed by atoms with E-state index in [-0.39, 0.29) is 0 Å². The fourth-order valence-corrected chi connectivity index (χ4v) is 2.57. The Bertz CT molecular complexity index is 323. The van der Waals surface area contributed by atoms with E-state index in [0.29, 0.717) is 6.04 Å². The molecular weight excluding hydrogens is 306 g/mol. The van der Waals surface area contributed by atoms with Crippen LogP contribution in [-0.4, -0.2) is 6.54 Å². The molecule has 1 rings (SSSR count). The molecule has 0 amide bonds. The zero-order valence-corrected chi connectivity index (χ0v) is 11.9. The SMILES string of the molecule is CCNC(C)c1cc(Br)c(C)cc1Br. The van der Waals surface area contributed by atoms with E-state index in [9.17, 15) is 0 Å². The summed E-state index contributed by atoms with van der Waals surface area (Å²) in [5.41, 5.74) is 2.55. The molecule has 14 heavy (non-hydrogen) atoms. The van der Waals surface area contributed by atoms with Gasteiger partial charge in [0.1, 0.15) is 0 Å². The van der Waals surface area contributed by atoms with Crippen LogP contribution in [0.15, 0.2) is 21.1 Å². The maximum atomic E-state index is 3.59. The lowest BCUT2D eigenvalue weighted by Gasteiger charge is -2.15. The third-order valence-electron chi connectivity index (χ3n) is 2.25. The average Bonchev–Trinajstić information content (AvgIpc) is 2.11. The fourth-order valence-electron chi connectivity index (χ4n) is 1.41. The summed E-state index contributed by atoms with van der Waals surface area (Å²) in [5, 5.41) is 3.40. The maximum Gasteiger partial charge on any atom is 0.0303 e. The van der Waals surface area contributed by atoms with Crippen LogP contribution in [0.2, 0.25) is 0 Å². The maximum absolute atomic E-state index is 3.59. The number of halogens is 2. The van der Waals surface area contributed by atoms with Crippen LogP contribution in [0.4, 0.5) is 0 Å². The molecular formula is C11H15Br2N. The molecule has 0 heterocycles. The number of hydrogen-bond acceptors (Lipinski definition) is 1. The van der Waals surface area contributed by atoms with Gasteiger partial charge < -0.3 is 5.32 Å². The van der Waals surface area contributed by atoms with Crippen LogP contribution in [0.1, 0.15) is 31.0 Å². The van der Waals surface area contributed by atoms with Gasteiger partial charge in [0.2, 0.25) is 0 Å². The highest BCUT2D eigenvalue weighted by atomic mass is 79.9. The molecule has 1 nitrogen and oxygen atoms in total. The normalized spacial score (nSPS) is 12.9. The van der Waals surface area contributed by atoms with Crippen LogP contribution >= 0.6 is 31.9 Å². The predicted octanol–water partition coefficient (Wildman–Crippen LogP) is 4.19. The van der Waals surface area contributed by atoms with Gasteiger partial charge in [-0.1, -0.05) is 38.8 Å². The molecule has 0 aliphatic heterocycles. The number of hydrogen-bond donors (Lipinski definition) is 1. The lowest BCUT2D eigenvalue weighted by molar-refractivity contribution is 0.595. The highest BCUT2D eigenvalue weighted by Gasteiger charge is 2.09. The van der Waals surface area contributed by atoms with Crippen molar-refractivity contribution in [1.82, 2.24) is 5.32 Å². The summed E-state index contributed by atoms with van der Waals surface area (Å²) in [6.45, 7) is 7.37. The summed E-state index contributed by atoms with van der Waals surface area (Å²) < 4.78 is 2.34. The first-order chi connectivity index (χ1) is 6.56. The molecule has 1 aromatic rings. The van der Waals surface area contributed by atoms with E-state index in [2.05, 4.69) is 70.1 Å². The molecule has 1 aromatic carbocycles. The Balaban J connectivity index is 3.02. The zero-order chi connectivity index (χ0) is 10.7. The Kier molecular flexibility index (Phi) is 4.61. The predicted molar refractivity (Wildman–Crippen MR) is 68.7 cm³/mol. The van der Waals surface area contributed by atoms with Crippen molar-refractivity contribution in [2.45, 2.75) is 26.8 Å². The highest BCUT2D eigenvalue weighted by molar-refractivity contribution is 9.11. The van der Waals surface area contributed by atoms with Gasteiger partial charge in [0.15, 0.2) is 0 Å². The van der Waals surface area contributed by atoms with Gasteiger partial charge in [-0.05, 0) is 43.7 Å². The number of benzene rings is 1. The van der Waals surface area contributed by atoms with Crippen molar-refractivity contribution in [1.29, 1.82) is 0 Å². The monoisotopic (exact) mass is 319 g/mol. The van der Waals surface area contributed by atoms with E-state index in [1.54, 1.807) is 0 Å². The van der Waals surface area contributed by atoms with E-state index in [0.717, 1.165) is 6.54 Å². The van der Waals surface area contributed by atoms with Crippen LogP contribution in [0.5, 0.6) is 0 Å². The Labute approximate surface area is 103 Å². The van der Waals surface area contributed by atoms with Crippen molar-refractivity contribution in [2.75, 3.05) is 6.54 Å². The van der Waals surface area contributed by atoms with E-state index in [4.69, 9.17) is 0 Å².